The lowest BCUT2D eigenvalue weighted by molar-refractivity contribution is -0.129. The summed E-state index contributed by atoms with van der Waals surface area (Å²) in [6, 6.07) is 5.84. The molecule has 1 unspecified atom stereocenters. The zero-order valence-corrected chi connectivity index (χ0v) is 12.6. The van der Waals surface area contributed by atoms with Crippen molar-refractivity contribution >= 4 is 11.8 Å². The highest BCUT2D eigenvalue weighted by Gasteiger charge is 2.27. The molecule has 6 nitrogen and oxygen atoms in total. The van der Waals surface area contributed by atoms with E-state index < -0.39 is 11.5 Å². The highest BCUT2D eigenvalue weighted by molar-refractivity contribution is 5.85. The summed E-state index contributed by atoms with van der Waals surface area (Å²) in [6.45, 7) is 3.71. The summed E-state index contributed by atoms with van der Waals surface area (Å²) in [4.78, 5) is 23.6. The van der Waals surface area contributed by atoms with Crippen LogP contribution in [0.2, 0.25) is 0 Å². The maximum Gasteiger partial charge on any atom is 0.237 e. The number of hydrogen-bond acceptors (Lipinski definition) is 4. The Morgan fingerprint density at radius 1 is 1.29 bits per heavy atom. The Bertz CT molecular complexity index is 497. The Kier molecular flexibility index (Phi) is 5.72. The van der Waals surface area contributed by atoms with Crippen molar-refractivity contribution < 1.29 is 14.7 Å². The van der Waals surface area contributed by atoms with Gasteiger partial charge < -0.3 is 21.5 Å². The summed E-state index contributed by atoms with van der Waals surface area (Å²) in [5.41, 5.74) is 6.02. The minimum absolute atomic E-state index is 0.144. The summed E-state index contributed by atoms with van der Waals surface area (Å²) in [5, 5.41) is 14.5. The van der Waals surface area contributed by atoms with Crippen molar-refractivity contribution in [3.05, 3.63) is 29.8 Å². The van der Waals surface area contributed by atoms with Gasteiger partial charge in [-0.1, -0.05) is 12.1 Å². The lowest BCUT2D eigenvalue weighted by Crippen LogP contribution is -2.48. The molecule has 6 heteroatoms. The monoisotopic (exact) mass is 293 g/mol. The molecule has 0 fully saturated rings. The van der Waals surface area contributed by atoms with Crippen LogP contribution in [0, 0.1) is 5.41 Å². The van der Waals surface area contributed by atoms with Crippen LogP contribution in [-0.2, 0) is 16.0 Å². The molecule has 1 atom stereocenters. The SMILES string of the molecule is CNC(=O)C(C)(C)CNC(=O)C(N)Cc1ccc(O)cc1. The van der Waals surface area contributed by atoms with E-state index in [0.717, 1.165) is 5.56 Å². The van der Waals surface area contributed by atoms with Crippen LogP contribution < -0.4 is 16.4 Å². The molecule has 0 aliphatic heterocycles. The molecule has 1 aromatic carbocycles. The van der Waals surface area contributed by atoms with E-state index in [1.807, 2.05) is 0 Å². The smallest absolute Gasteiger partial charge is 0.237 e. The number of rotatable bonds is 6. The van der Waals surface area contributed by atoms with Crippen LogP contribution in [0.4, 0.5) is 0 Å². The summed E-state index contributed by atoms with van der Waals surface area (Å²) < 4.78 is 0. The zero-order valence-electron chi connectivity index (χ0n) is 12.6. The van der Waals surface area contributed by atoms with Gasteiger partial charge in [-0.05, 0) is 38.0 Å². The van der Waals surface area contributed by atoms with Crippen LogP contribution in [0.15, 0.2) is 24.3 Å². The van der Waals surface area contributed by atoms with Crippen molar-refractivity contribution in [3.8, 4) is 5.75 Å². The van der Waals surface area contributed by atoms with Crippen molar-refractivity contribution in [2.45, 2.75) is 26.3 Å². The predicted molar refractivity (Wildman–Crippen MR) is 80.6 cm³/mol. The number of carbonyl (C=O) groups is 2. The topological polar surface area (TPSA) is 104 Å². The molecule has 2 amide bonds. The normalized spacial score (nSPS) is 12.6. The largest absolute Gasteiger partial charge is 0.508 e. The maximum atomic E-state index is 12.0. The first-order valence-electron chi connectivity index (χ1n) is 6.79. The fraction of sp³-hybridized carbons (Fsp3) is 0.467. The Balaban J connectivity index is 2.51. The van der Waals surface area contributed by atoms with E-state index in [0.29, 0.717) is 6.42 Å². The Hall–Kier alpha value is -2.08. The minimum Gasteiger partial charge on any atom is -0.508 e. The Morgan fingerprint density at radius 2 is 1.86 bits per heavy atom. The van der Waals surface area contributed by atoms with E-state index in [9.17, 15) is 14.7 Å². The first-order chi connectivity index (χ1) is 9.76. The number of amides is 2. The molecule has 116 valence electrons. The zero-order chi connectivity index (χ0) is 16.0. The van der Waals surface area contributed by atoms with Gasteiger partial charge in [0.2, 0.25) is 11.8 Å². The number of nitrogens with two attached hydrogens (primary N) is 1. The van der Waals surface area contributed by atoms with Gasteiger partial charge in [-0.25, -0.2) is 0 Å². The van der Waals surface area contributed by atoms with E-state index in [1.54, 1.807) is 45.2 Å². The molecule has 0 bridgehead atoms. The van der Waals surface area contributed by atoms with E-state index >= 15 is 0 Å². The summed E-state index contributed by atoms with van der Waals surface area (Å²) in [6.07, 6.45) is 0.368. The second-order valence-corrected chi connectivity index (χ2v) is 5.66. The number of carbonyl (C=O) groups excluding carboxylic acids is 2. The highest BCUT2D eigenvalue weighted by Crippen LogP contribution is 2.14. The summed E-state index contributed by atoms with van der Waals surface area (Å²) >= 11 is 0. The molecule has 0 heterocycles. The van der Waals surface area contributed by atoms with Gasteiger partial charge in [0.15, 0.2) is 0 Å². The number of hydrogen-bond donors (Lipinski definition) is 4. The molecule has 21 heavy (non-hydrogen) atoms. The van der Waals surface area contributed by atoms with Gasteiger partial charge in [0.1, 0.15) is 5.75 Å². The molecule has 0 aromatic heterocycles. The average Bonchev–Trinajstić information content (AvgIpc) is 2.46. The number of benzene rings is 1. The first-order valence-corrected chi connectivity index (χ1v) is 6.79. The van der Waals surface area contributed by atoms with Gasteiger partial charge in [0.05, 0.1) is 11.5 Å². The van der Waals surface area contributed by atoms with E-state index in [-0.39, 0.29) is 24.1 Å². The lowest BCUT2D eigenvalue weighted by Gasteiger charge is -2.23. The molecule has 1 rings (SSSR count). The number of aromatic hydroxyl groups is 1. The van der Waals surface area contributed by atoms with E-state index in [1.165, 1.54) is 0 Å². The van der Waals surface area contributed by atoms with Crippen LogP contribution in [-0.4, -0.2) is 36.6 Å². The van der Waals surface area contributed by atoms with Crippen molar-refractivity contribution in [1.82, 2.24) is 10.6 Å². The predicted octanol–water partition coefficient (Wildman–Crippen LogP) is 0.150. The average molecular weight is 293 g/mol. The van der Waals surface area contributed by atoms with Crippen molar-refractivity contribution in [2.24, 2.45) is 11.1 Å². The maximum absolute atomic E-state index is 12.0. The summed E-state index contributed by atoms with van der Waals surface area (Å²) in [7, 11) is 1.56. The van der Waals surface area contributed by atoms with Gasteiger partial charge >= 0.3 is 0 Å². The third-order valence-corrected chi connectivity index (χ3v) is 3.28. The fourth-order valence-corrected chi connectivity index (χ4v) is 1.84. The van der Waals surface area contributed by atoms with Crippen LogP contribution in [0.3, 0.4) is 0 Å². The Labute approximate surface area is 124 Å². The standard InChI is InChI=1S/C15H23N3O3/c1-15(2,14(21)17-3)9-18-13(20)12(16)8-10-4-6-11(19)7-5-10/h4-7,12,19H,8-9,16H2,1-3H3,(H,17,21)(H,18,20). The molecular formula is C15H23N3O3. The first kappa shape index (κ1) is 17.0. The number of nitrogens with one attached hydrogen (secondary N) is 2. The molecule has 0 spiro atoms. The van der Waals surface area contributed by atoms with Gasteiger partial charge in [-0.15, -0.1) is 0 Å². The quantitative estimate of drug-likeness (QED) is 0.599. The molecule has 0 aliphatic rings. The van der Waals surface area contributed by atoms with E-state index in [2.05, 4.69) is 10.6 Å². The molecule has 0 saturated carbocycles. The van der Waals surface area contributed by atoms with Crippen molar-refractivity contribution in [3.63, 3.8) is 0 Å². The molecule has 0 saturated heterocycles. The Morgan fingerprint density at radius 3 is 2.38 bits per heavy atom. The second kappa shape index (κ2) is 7.08. The molecule has 0 radical (unpaired) electrons. The van der Waals surface area contributed by atoms with Crippen LogP contribution in [0.25, 0.3) is 0 Å². The third kappa shape index (κ3) is 5.07. The van der Waals surface area contributed by atoms with Gasteiger partial charge in [-0.3, -0.25) is 9.59 Å². The third-order valence-electron chi connectivity index (χ3n) is 3.28. The van der Waals surface area contributed by atoms with Gasteiger partial charge in [0, 0.05) is 13.6 Å². The molecule has 0 aliphatic carbocycles. The van der Waals surface area contributed by atoms with Crippen LogP contribution in [0.5, 0.6) is 5.75 Å². The highest BCUT2D eigenvalue weighted by atomic mass is 16.3. The van der Waals surface area contributed by atoms with Crippen LogP contribution in [0.1, 0.15) is 19.4 Å². The second-order valence-electron chi connectivity index (χ2n) is 5.66. The molecular weight excluding hydrogens is 270 g/mol. The molecule has 1 aromatic rings. The van der Waals surface area contributed by atoms with Gasteiger partial charge in [-0.2, -0.15) is 0 Å². The van der Waals surface area contributed by atoms with Crippen molar-refractivity contribution in [1.29, 1.82) is 0 Å². The lowest BCUT2D eigenvalue weighted by atomic mass is 9.92. The fourth-order valence-electron chi connectivity index (χ4n) is 1.84. The van der Waals surface area contributed by atoms with Gasteiger partial charge in [0.25, 0.3) is 0 Å². The van der Waals surface area contributed by atoms with Crippen molar-refractivity contribution in [2.75, 3.05) is 13.6 Å². The summed E-state index contributed by atoms with van der Waals surface area (Å²) in [5.74, 6) is -0.279. The minimum atomic E-state index is -0.699. The van der Waals surface area contributed by atoms with E-state index in [4.69, 9.17) is 5.73 Å². The number of phenols is 1. The molecule has 5 N–H and O–H groups in total. The number of phenolic OH excluding ortho intramolecular Hbond substituents is 1. The van der Waals surface area contributed by atoms with Crippen LogP contribution >= 0.6 is 0 Å².